The second kappa shape index (κ2) is 10.7. The van der Waals surface area contributed by atoms with Gasteiger partial charge in [0.25, 0.3) is 5.91 Å². The number of nitrogens with zero attached hydrogens (tertiary/aromatic N) is 3. The van der Waals surface area contributed by atoms with Gasteiger partial charge in [-0.2, -0.15) is 13.8 Å². The molecule has 0 saturated carbocycles. The van der Waals surface area contributed by atoms with Crippen molar-refractivity contribution in [3.63, 3.8) is 0 Å². The maximum atomic E-state index is 12.9. The van der Waals surface area contributed by atoms with Crippen molar-refractivity contribution < 1.29 is 27.6 Å². The molecule has 1 amide bonds. The summed E-state index contributed by atoms with van der Waals surface area (Å²) in [6.45, 7) is 3.03. The lowest BCUT2D eigenvalue weighted by atomic mass is 9.99. The molecule has 1 saturated heterocycles. The molecule has 1 N–H and O–H groups in total. The van der Waals surface area contributed by atoms with Crippen molar-refractivity contribution in [1.82, 2.24) is 15.0 Å². The van der Waals surface area contributed by atoms with Crippen LogP contribution in [0.15, 0.2) is 40.9 Å². The number of benzene rings is 2. The number of ether oxygens (including phenoxy) is 2. The van der Waals surface area contributed by atoms with Gasteiger partial charge in [-0.1, -0.05) is 12.1 Å². The molecule has 1 fully saturated rings. The number of aromatic nitrogens is 2. The molecule has 0 spiro atoms. The standard InChI is InChI=1S/C25H28F2N4O4/c1-15-5-4-10-31(14-15)24(32)18-6-8-19(16(2)11-18)28-13-22-29-23(30-35-22)17-7-9-20(34-25(26)27)21(12-17)33-3/h6-9,11-12,15,25,28H,4-5,10,13-14H2,1-3H3. The van der Waals surface area contributed by atoms with E-state index in [9.17, 15) is 13.6 Å². The molecule has 1 atom stereocenters. The summed E-state index contributed by atoms with van der Waals surface area (Å²) in [6, 6.07) is 10.0. The summed E-state index contributed by atoms with van der Waals surface area (Å²) in [6.07, 6.45) is 2.20. The Kier molecular flexibility index (Phi) is 7.48. The largest absolute Gasteiger partial charge is 0.493 e. The van der Waals surface area contributed by atoms with Gasteiger partial charge < -0.3 is 24.2 Å². The fourth-order valence-electron chi connectivity index (χ4n) is 4.17. The molecule has 186 valence electrons. The fraction of sp³-hybridized carbons (Fsp3) is 0.400. The number of likely N-dealkylation sites (tertiary alicyclic amines) is 1. The predicted octanol–water partition coefficient (Wildman–Crippen LogP) is 5.14. The first-order chi connectivity index (χ1) is 16.8. The van der Waals surface area contributed by atoms with Gasteiger partial charge in [0.2, 0.25) is 11.7 Å². The minimum atomic E-state index is -2.96. The third-order valence-electron chi connectivity index (χ3n) is 5.95. The molecule has 1 aromatic heterocycles. The van der Waals surface area contributed by atoms with Gasteiger partial charge in [-0.05, 0) is 67.6 Å². The number of alkyl halides is 2. The number of carbonyl (C=O) groups excluding carboxylic acids is 1. The average Bonchev–Trinajstić information content (AvgIpc) is 3.31. The Hall–Kier alpha value is -3.69. The van der Waals surface area contributed by atoms with Crippen LogP contribution in [0.25, 0.3) is 11.4 Å². The summed E-state index contributed by atoms with van der Waals surface area (Å²) in [5, 5.41) is 7.21. The lowest BCUT2D eigenvalue weighted by Gasteiger charge is -2.31. The number of hydrogen-bond donors (Lipinski definition) is 1. The Balaban J connectivity index is 1.40. The minimum Gasteiger partial charge on any atom is -0.493 e. The Morgan fingerprint density at radius 1 is 1.26 bits per heavy atom. The van der Waals surface area contributed by atoms with Crippen LogP contribution in [0.4, 0.5) is 14.5 Å². The molecule has 4 rings (SSSR count). The lowest BCUT2D eigenvalue weighted by Crippen LogP contribution is -2.39. The van der Waals surface area contributed by atoms with Gasteiger partial charge in [-0.3, -0.25) is 4.79 Å². The van der Waals surface area contributed by atoms with Crippen molar-refractivity contribution in [2.24, 2.45) is 5.92 Å². The van der Waals surface area contributed by atoms with Crippen LogP contribution in [-0.4, -0.2) is 47.8 Å². The zero-order chi connectivity index (χ0) is 24.9. The molecule has 1 aliphatic rings. The van der Waals surface area contributed by atoms with E-state index < -0.39 is 6.61 Å². The molecular weight excluding hydrogens is 458 g/mol. The normalized spacial score (nSPS) is 15.8. The molecule has 0 radical (unpaired) electrons. The van der Waals surface area contributed by atoms with Crippen molar-refractivity contribution in [2.75, 3.05) is 25.5 Å². The molecule has 0 aliphatic carbocycles. The second-order valence-corrected chi connectivity index (χ2v) is 8.64. The number of nitrogens with one attached hydrogen (secondary N) is 1. The van der Waals surface area contributed by atoms with E-state index in [0.29, 0.717) is 22.9 Å². The Morgan fingerprint density at radius 3 is 2.80 bits per heavy atom. The number of aryl methyl sites for hydroxylation is 1. The number of anilines is 1. The number of carbonyl (C=O) groups is 1. The maximum absolute atomic E-state index is 12.9. The quantitative estimate of drug-likeness (QED) is 0.472. The number of methoxy groups -OCH3 is 1. The van der Waals surface area contributed by atoms with Gasteiger partial charge >= 0.3 is 6.61 Å². The fourth-order valence-corrected chi connectivity index (χ4v) is 4.17. The minimum absolute atomic E-state index is 0.0631. The molecule has 35 heavy (non-hydrogen) atoms. The van der Waals surface area contributed by atoms with E-state index in [0.717, 1.165) is 37.2 Å². The van der Waals surface area contributed by atoms with E-state index in [1.165, 1.54) is 19.2 Å². The van der Waals surface area contributed by atoms with Gasteiger partial charge in [0.15, 0.2) is 11.5 Å². The van der Waals surface area contributed by atoms with E-state index in [2.05, 4.69) is 27.1 Å². The molecular formula is C25H28F2N4O4. The average molecular weight is 487 g/mol. The smallest absolute Gasteiger partial charge is 0.387 e. The first-order valence-electron chi connectivity index (χ1n) is 11.4. The van der Waals surface area contributed by atoms with Gasteiger partial charge in [-0.25, -0.2) is 0 Å². The molecule has 2 aromatic carbocycles. The highest BCUT2D eigenvalue weighted by Gasteiger charge is 2.22. The first kappa shape index (κ1) is 24.4. The van der Waals surface area contributed by atoms with Crippen molar-refractivity contribution in [3.8, 4) is 22.9 Å². The van der Waals surface area contributed by atoms with Crippen LogP contribution in [0.5, 0.6) is 11.5 Å². The topological polar surface area (TPSA) is 89.7 Å². The molecule has 1 aliphatic heterocycles. The summed E-state index contributed by atoms with van der Waals surface area (Å²) < 4.78 is 39.9. The van der Waals surface area contributed by atoms with Crippen LogP contribution < -0.4 is 14.8 Å². The van der Waals surface area contributed by atoms with E-state index in [1.54, 1.807) is 6.07 Å². The summed E-state index contributed by atoms with van der Waals surface area (Å²) >= 11 is 0. The van der Waals surface area contributed by atoms with Crippen molar-refractivity contribution in [3.05, 3.63) is 53.4 Å². The SMILES string of the molecule is COc1cc(-c2noc(CNc3ccc(C(=O)N4CCCC(C)C4)cc3C)n2)ccc1OC(F)F. The second-order valence-electron chi connectivity index (χ2n) is 8.64. The third-order valence-corrected chi connectivity index (χ3v) is 5.95. The zero-order valence-electron chi connectivity index (χ0n) is 19.9. The van der Waals surface area contributed by atoms with Crippen LogP contribution in [0.1, 0.15) is 41.6 Å². The number of piperidine rings is 1. The molecule has 3 aromatic rings. The summed E-state index contributed by atoms with van der Waals surface area (Å²) in [4.78, 5) is 19.2. The molecule has 2 heterocycles. The van der Waals surface area contributed by atoms with Crippen molar-refractivity contribution >= 4 is 11.6 Å². The Morgan fingerprint density at radius 2 is 2.09 bits per heavy atom. The predicted molar refractivity (Wildman–Crippen MR) is 126 cm³/mol. The summed E-state index contributed by atoms with van der Waals surface area (Å²) in [5.74, 6) is 1.28. The molecule has 0 bridgehead atoms. The van der Waals surface area contributed by atoms with Crippen LogP contribution in [-0.2, 0) is 6.54 Å². The number of halogens is 2. The van der Waals surface area contributed by atoms with Crippen LogP contribution in [0.2, 0.25) is 0 Å². The van der Waals surface area contributed by atoms with E-state index in [4.69, 9.17) is 9.26 Å². The number of hydrogen-bond acceptors (Lipinski definition) is 7. The van der Waals surface area contributed by atoms with Gasteiger partial charge in [0, 0.05) is 29.9 Å². The van der Waals surface area contributed by atoms with E-state index >= 15 is 0 Å². The number of rotatable bonds is 8. The molecule has 10 heteroatoms. The van der Waals surface area contributed by atoms with Crippen molar-refractivity contribution in [2.45, 2.75) is 39.8 Å². The maximum Gasteiger partial charge on any atom is 0.387 e. The zero-order valence-corrected chi connectivity index (χ0v) is 19.9. The van der Waals surface area contributed by atoms with Gasteiger partial charge in [0.1, 0.15) is 0 Å². The van der Waals surface area contributed by atoms with Crippen molar-refractivity contribution in [1.29, 1.82) is 0 Å². The van der Waals surface area contributed by atoms with Gasteiger partial charge in [0.05, 0.1) is 13.7 Å². The Bertz CT molecular complexity index is 1180. The highest BCUT2D eigenvalue weighted by atomic mass is 19.3. The Labute approximate surface area is 202 Å². The molecule has 8 nitrogen and oxygen atoms in total. The highest BCUT2D eigenvalue weighted by Crippen LogP contribution is 2.32. The monoisotopic (exact) mass is 486 g/mol. The summed E-state index contributed by atoms with van der Waals surface area (Å²) in [7, 11) is 1.36. The third kappa shape index (κ3) is 5.87. The first-order valence-corrected chi connectivity index (χ1v) is 11.4. The highest BCUT2D eigenvalue weighted by molar-refractivity contribution is 5.95. The number of amides is 1. The van der Waals surface area contributed by atoms with Gasteiger partial charge in [-0.15, -0.1) is 0 Å². The van der Waals surface area contributed by atoms with E-state index in [1.807, 2.05) is 30.0 Å². The van der Waals surface area contributed by atoms with Crippen LogP contribution in [0, 0.1) is 12.8 Å². The molecule has 1 unspecified atom stereocenters. The summed E-state index contributed by atoms with van der Waals surface area (Å²) in [5.41, 5.74) is 2.99. The lowest BCUT2D eigenvalue weighted by molar-refractivity contribution is -0.0512. The van der Waals surface area contributed by atoms with Crippen LogP contribution in [0.3, 0.4) is 0 Å². The van der Waals surface area contributed by atoms with Crippen LogP contribution >= 0.6 is 0 Å². The van der Waals surface area contributed by atoms with E-state index in [-0.39, 0.29) is 29.8 Å².